The summed E-state index contributed by atoms with van der Waals surface area (Å²) in [5.74, 6) is -0.416. The second kappa shape index (κ2) is 7.42. The maximum atomic E-state index is 13.8. The first-order chi connectivity index (χ1) is 11.9. The first kappa shape index (κ1) is 17.7. The third-order valence-corrected chi connectivity index (χ3v) is 4.58. The van der Waals surface area contributed by atoms with E-state index in [1.54, 1.807) is 25.2 Å². The van der Waals surface area contributed by atoms with Crippen molar-refractivity contribution in [2.45, 2.75) is 12.5 Å². The van der Waals surface area contributed by atoms with Crippen molar-refractivity contribution < 1.29 is 13.9 Å². The molecule has 1 amide bonds. The molecular formula is C19H20ClFN2O2. The van der Waals surface area contributed by atoms with Crippen LogP contribution in [0.5, 0.6) is 0 Å². The number of amides is 1. The number of hydrogen-bond acceptors (Lipinski definition) is 3. The Morgan fingerprint density at radius 2 is 2.12 bits per heavy atom. The molecule has 2 aromatic carbocycles. The summed E-state index contributed by atoms with van der Waals surface area (Å²) in [6, 6.07) is 11.6. The van der Waals surface area contributed by atoms with Crippen molar-refractivity contribution >= 4 is 23.4 Å². The molecule has 1 aliphatic heterocycles. The number of benzene rings is 2. The Morgan fingerprint density at radius 1 is 1.32 bits per heavy atom. The lowest BCUT2D eigenvalue weighted by Gasteiger charge is -2.23. The SMILES string of the molecule is CN1CC[C@@H](OC(=O)N(C)c2cc(F)ccc2-c2cccc(Cl)c2)C1. The normalized spacial score (nSPS) is 17.5. The van der Waals surface area contributed by atoms with E-state index < -0.39 is 11.9 Å². The summed E-state index contributed by atoms with van der Waals surface area (Å²) in [6.07, 6.45) is 0.178. The van der Waals surface area contributed by atoms with Crippen LogP contribution in [-0.2, 0) is 4.74 Å². The van der Waals surface area contributed by atoms with E-state index in [-0.39, 0.29) is 6.10 Å². The molecule has 1 heterocycles. The van der Waals surface area contributed by atoms with Crippen LogP contribution in [0.25, 0.3) is 11.1 Å². The minimum Gasteiger partial charge on any atom is -0.444 e. The number of rotatable bonds is 3. The predicted molar refractivity (Wildman–Crippen MR) is 97.6 cm³/mol. The second-order valence-electron chi connectivity index (χ2n) is 6.29. The van der Waals surface area contributed by atoms with Crippen LogP contribution in [0.3, 0.4) is 0 Å². The molecular weight excluding hydrogens is 343 g/mol. The van der Waals surface area contributed by atoms with Crippen LogP contribution in [0.2, 0.25) is 5.02 Å². The van der Waals surface area contributed by atoms with Gasteiger partial charge in [-0.1, -0.05) is 23.7 Å². The van der Waals surface area contributed by atoms with E-state index >= 15 is 0 Å². The Labute approximate surface area is 151 Å². The highest BCUT2D eigenvalue weighted by atomic mass is 35.5. The number of ether oxygens (including phenoxy) is 1. The van der Waals surface area contributed by atoms with Gasteiger partial charge in [0.1, 0.15) is 11.9 Å². The van der Waals surface area contributed by atoms with Gasteiger partial charge in [-0.3, -0.25) is 4.90 Å². The molecule has 4 nitrogen and oxygen atoms in total. The van der Waals surface area contributed by atoms with E-state index in [2.05, 4.69) is 4.90 Å². The molecule has 0 aromatic heterocycles. The Hall–Kier alpha value is -2.11. The first-order valence-electron chi connectivity index (χ1n) is 8.12. The average molecular weight is 363 g/mol. The smallest absolute Gasteiger partial charge is 0.414 e. The molecule has 6 heteroatoms. The molecule has 0 N–H and O–H groups in total. The first-order valence-corrected chi connectivity index (χ1v) is 8.50. The van der Waals surface area contributed by atoms with Crippen molar-refractivity contribution in [2.24, 2.45) is 0 Å². The van der Waals surface area contributed by atoms with Gasteiger partial charge >= 0.3 is 6.09 Å². The number of carbonyl (C=O) groups excluding carboxylic acids is 1. The molecule has 1 aliphatic rings. The molecule has 3 rings (SSSR count). The summed E-state index contributed by atoms with van der Waals surface area (Å²) in [7, 11) is 3.57. The molecule has 1 atom stereocenters. The summed E-state index contributed by atoms with van der Waals surface area (Å²) in [6.45, 7) is 1.61. The quantitative estimate of drug-likeness (QED) is 0.810. The lowest BCUT2D eigenvalue weighted by atomic mass is 10.0. The maximum Gasteiger partial charge on any atom is 0.414 e. The Balaban J connectivity index is 1.87. The molecule has 0 bridgehead atoms. The van der Waals surface area contributed by atoms with Gasteiger partial charge in [-0.05, 0) is 49.4 Å². The van der Waals surface area contributed by atoms with E-state index in [1.807, 2.05) is 19.2 Å². The van der Waals surface area contributed by atoms with Crippen LogP contribution in [0, 0.1) is 5.82 Å². The van der Waals surface area contributed by atoms with Crippen LogP contribution in [-0.4, -0.2) is 44.3 Å². The van der Waals surface area contributed by atoms with Crippen molar-refractivity contribution in [3.8, 4) is 11.1 Å². The highest BCUT2D eigenvalue weighted by Crippen LogP contribution is 2.33. The van der Waals surface area contributed by atoms with Gasteiger partial charge in [0.2, 0.25) is 0 Å². The van der Waals surface area contributed by atoms with Crippen molar-refractivity contribution in [3.63, 3.8) is 0 Å². The number of likely N-dealkylation sites (tertiary alicyclic amines) is 1. The summed E-state index contributed by atoms with van der Waals surface area (Å²) < 4.78 is 19.4. The van der Waals surface area contributed by atoms with Gasteiger partial charge in [-0.15, -0.1) is 0 Å². The number of halogens is 2. The fraction of sp³-hybridized carbons (Fsp3) is 0.316. The summed E-state index contributed by atoms with van der Waals surface area (Å²) >= 11 is 6.06. The maximum absolute atomic E-state index is 13.8. The van der Waals surface area contributed by atoms with Crippen LogP contribution in [0.15, 0.2) is 42.5 Å². The number of nitrogens with zero attached hydrogens (tertiary/aromatic N) is 2. The minimum absolute atomic E-state index is 0.136. The highest BCUT2D eigenvalue weighted by molar-refractivity contribution is 6.30. The van der Waals surface area contributed by atoms with Gasteiger partial charge in [0.05, 0.1) is 5.69 Å². The third kappa shape index (κ3) is 4.11. The highest BCUT2D eigenvalue weighted by Gasteiger charge is 2.26. The number of anilines is 1. The van der Waals surface area contributed by atoms with Crippen LogP contribution in [0.4, 0.5) is 14.9 Å². The predicted octanol–water partition coefficient (Wildman–Crippen LogP) is 4.42. The molecule has 1 fully saturated rings. The number of carbonyl (C=O) groups is 1. The zero-order valence-corrected chi connectivity index (χ0v) is 15.0. The lowest BCUT2D eigenvalue weighted by Crippen LogP contribution is -2.32. The molecule has 0 spiro atoms. The van der Waals surface area contributed by atoms with Crippen molar-refractivity contribution in [2.75, 3.05) is 32.1 Å². The fourth-order valence-corrected chi connectivity index (χ4v) is 3.18. The van der Waals surface area contributed by atoms with E-state index in [4.69, 9.17) is 16.3 Å². The Bertz CT molecular complexity index is 784. The van der Waals surface area contributed by atoms with Gasteiger partial charge < -0.3 is 9.64 Å². The minimum atomic E-state index is -0.492. The molecule has 132 valence electrons. The average Bonchev–Trinajstić information content (AvgIpc) is 2.99. The van der Waals surface area contributed by atoms with Crippen LogP contribution < -0.4 is 4.90 Å². The van der Waals surface area contributed by atoms with Gasteiger partial charge in [-0.2, -0.15) is 0 Å². The largest absolute Gasteiger partial charge is 0.444 e. The van der Waals surface area contributed by atoms with Gasteiger partial charge in [0.15, 0.2) is 0 Å². The van der Waals surface area contributed by atoms with Crippen LogP contribution in [0.1, 0.15) is 6.42 Å². The monoisotopic (exact) mass is 362 g/mol. The Morgan fingerprint density at radius 3 is 2.80 bits per heavy atom. The van der Waals surface area contributed by atoms with Crippen molar-refractivity contribution in [1.82, 2.24) is 4.90 Å². The van der Waals surface area contributed by atoms with Crippen LogP contribution >= 0.6 is 11.6 Å². The van der Waals surface area contributed by atoms with Crippen molar-refractivity contribution in [3.05, 3.63) is 53.3 Å². The molecule has 25 heavy (non-hydrogen) atoms. The second-order valence-corrected chi connectivity index (χ2v) is 6.72. The van der Waals surface area contributed by atoms with E-state index in [9.17, 15) is 9.18 Å². The van der Waals surface area contributed by atoms with Gasteiger partial charge in [0.25, 0.3) is 0 Å². The third-order valence-electron chi connectivity index (χ3n) is 4.35. The lowest BCUT2D eigenvalue weighted by molar-refractivity contribution is 0.110. The summed E-state index contributed by atoms with van der Waals surface area (Å²) in [4.78, 5) is 16.0. The fourth-order valence-electron chi connectivity index (χ4n) is 2.99. The van der Waals surface area contributed by atoms with E-state index in [0.717, 1.165) is 18.5 Å². The van der Waals surface area contributed by atoms with E-state index in [0.29, 0.717) is 22.8 Å². The molecule has 2 aromatic rings. The molecule has 0 radical (unpaired) electrons. The van der Waals surface area contributed by atoms with Gasteiger partial charge in [0, 0.05) is 30.7 Å². The topological polar surface area (TPSA) is 32.8 Å². The molecule has 0 aliphatic carbocycles. The number of hydrogen-bond donors (Lipinski definition) is 0. The summed E-state index contributed by atoms with van der Waals surface area (Å²) in [5.41, 5.74) is 1.97. The molecule has 1 saturated heterocycles. The molecule has 0 unspecified atom stereocenters. The van der Waals surface area contributed by atoms with Crippen molar-refractivity contribution in [1.29, 1.82) is 0 Å². The Kier molecular flexibility index (Phi) is 5.25. The van der Waals surface area contributed by atoms with E-state index in [1.165, 1.54) is 17.0 Å². The standard InChI is InChI=1S/C19H20ClFN2O2/c1-22-9-8-16(12-22)25-19(24)23(2)18-11-15(21)6-7-17(18)13-4-3-5-14(20)10-13/h3-7,10-11,16H,8-9,12H2,1-2H3/t16-/m1/s1. The number of likely N-dealkylation sites (N-methyl/N-ethyl adjacent to an activating group) is 1. The zero-order valence-electron chi connectivity index (χ0n) is 14.2. The van der Waals surface area contributed by atoms with Gasteiger partial charge in [-0.25, -0.2) is 9.18 Å². The molecule has 0 saturated carbocycles. The zero-order chi connectivity index (χ0) is 18.0. The summed E-state index contributed by atoms with van der Waals surface area (Å²) in [5, 5.41) is 0.576.